The first-order valence-electron chi connectivity index (χ1n) is 8.80. The van der Waals surface area contributed by atoms with Gasteiger partial charge in [-0.3, -0.25) is 4.79 Å². The topological polar surface area (TPSA) is 61.6 Å². The number of hydrogen-bond acceptors (Lipinski definition) is 5. The molecule has 0 radical (unpaired) electrons. The van der Waals surface area contributed by atoms with Crippen molar-refractivity contribution in [2.75, 3.05) is 6.61 Å². The van der Waals surface area contributed by atoms with Crippen LogP contribution in [0.4, 0.5) is 8.78 Å². The fraction of sp³-hybridized carbons (Fsp3) is 0.238. The number of alkyl halides is 2. The molecule has 0 amide bonds. The Balaban J connectivity index is 1.54. The van der Waals surface area contributed by atoms with Crippen LogP contribution in [0, 0.1) is 5.92 Å². The Morgan fingerprint density at radius 3 is 2.89 bits per heavy atom. The first-order chi connectivity index (χ1) is 13.6. The molecule has 1 aromatic heterocycles. The average Bonchev–Trinajstić information content (AvgIpc) is 3.23. The van der Waals surface area contributed by atoms with Gasteiger partial charge in [-0.05, 0) is 24.1 Å². The van der Waals surface area contributed by atoms with Crippen molar-refractivity contribution in [1.29, 1.82) is 0 Å². The molecule has 7 heteroatoms. The summed E-state index contributed by atoms with van der Waals surface area (Å²) in [5.74, 6) is 0.748. The highest BCUT2D eigenvalue weighted by Crippen LogP contribution is 2.31. The Morgan fingerprint density at radius 1 is 1.25 bits per heavy atom. The zero-order valence-electron chi connectivity index (χ0n) is 14.8. The molecule has 4 rings (SSSR count). The van der Waals surface area contributed by atoms with Crippen molar-refractivity contribution in [2.24, 2.45) is 5.92 Å². The number of oxazole rings is 1. The number of halogens is 2. The fourth-order valence-electron chi connectivity index (χ4n) is 3.28. The third-order valence-electron chi connectivity index (χ3n) is 4.70. The van der Waals surface area contributed by atoms with E-state index in [4.69, 9.17) is 9.15 Å². The number of hydrogen-bond donors (Lipinski definition) is 0. The van der Waals surface area contributed by atoms with Crippen LogP contribution in [0.2, 0.25) is 0 Å². The van der Waals surface area contributed by atoms with E-state index in [2.05, 4.69) is 9.72 Å². The molecule has 1 aliphatic rings. The number of ketones is 1. The third kappa shape index (κ3) is 3.88. The lowest BCUT2D eigenvalue weighted by molar-refractivity contribution is -0.123. The summed E-state index contributed by atoms with van der Waals surface area (Å²) in [6, 6.07) is 12.3. The number of aromatic nitrogens is 1. The number of benzene rings is 2. The quantitative estimate of drug-likeness (QED) is 0.633. The van der Waals surface area contributed by atoms with E-state index in [1.165, 1.54) is 18.7 Å². The highest BCUT2D eigenvalue weighted by Gasteiger charge is 2.27. The summed E-state index contributed by atoms with van der Waals surface area (Å²) in [5, 5.41) is 0. The molecule has 144 valence electrons. The molecule has 28 heavy (non-hydrogen) atoms. The number of carbonyl (C=O) groups excluding carboxylic acids is 1. The van der Waals surface area contributed by atoms with Gasteiger partial charge in [-0.25, -0.2) is 4.98 Å². The minimum Gasteiger partial charge on any atom is -0.493 e. The lowest BCUT2D eigenvalue weighted by atomic mass is 9.90. The van der Waals surface area contributed by atoms with Gasteiger partial charge in [0, 0.05) is 17.5 Å². The van der Waals surface area contributed by atoms with Gasteiger partial charge >= 0.3 is 6.61 Å². The maximum absolute atomic E-state index is 12.9. The number of para-hydroxylation sites is 1. The van der Waals surface area contributed by atoms with Crippen LogP contribution >= 0.6 is 0 Å². The van der Waals surface area contributed by atoms with Gasteiger partial charge in [0.15, 0.2) is 12.2 Å². The van der Waals surface area contributed by atoms with E-state index in [9.17, 15) is 13.6 Å². The second-order valence-corrected chi connectivity index (χ2v) is 6.53. The highest BCUT2D eigenvalue weighted by molar-refractivity contribution is 5.85. The first kappa shape index (κ1) is 18.2. The van der Waals surface area contributed by atoms with Gasteiger partial charge in [-0.15, -0.1) is 0 Å². The zero-order valence-corrected chi connectivity index (χ0v) is 14.8. The van der Waals surface area contributed by atoms with E-state index in [1.807, 2.05) is 24.3 Å². The first-order valence-corrected chi connectivity index (χ1v) is 8.80. The molecular formula is C21H17F2NO4. The molecule has 2 heterocycles. The maximum Gasteiger partial charge on any atom is 0.387 e. The van der Waals surface area contributed by atoms with Crippen molar-refractivity contribution in [3.8, 4) is 22.8 Å². The molecule has 0 fully saturated rings. The Hall–Kier alpha value is -3.22. The van der Waals surface area contributed by atoms with Crippen LogP contribution < -0.4 is 9.47 Å². The van der Waals surface area contributed by atoms with E-state index in [0.717, 1.165) is 11.3 Å². The predicted octanol–water partition coefficient (Wildman–Crippen LogP) is 4.31. The molecule has 0 saturated heterocycles. The van der Waals surface area contributed by atoms with Crippen LogP contribution in [0.3, 0.4) is 0 Å². The van der Waals surface area contributed by atoms with Crippen LogP contribution in [0.5, 0.6) is 11.5 Å². The summed E-state index contributed by atoms with van der Waals surface area (Å²) in [4.78, 5) is 16.6. The van der Waals surface area contributed by atoms with Crippen molar-refractivity contribution in [3.63, 3.8) is 0 Å². The lowest BCUT2D eigenvalue weighted by Gasteiger charge is -2.24. The van der Waals surface area contributed by atoms with Gasteiger partial charge in [0.2, 0.25) is 0 Å². The molecule has 0 N–H and O–H groups in total. The normalized spacial score (nSPS) is 15.8. The largest absolute Gasteiger partial charge is 0.493 e. The SMILES string of the molecule is O=C(Cc1ccc(-c2cnco2)cc1OC(F)F)C1COc2ccccc2C1. The monoisotopic (exact) mass is 385 g/mol. The number of Topliss-reactive ketones (excluding diaryl/α,β-unsaturated/α-hetero) is 1. The van der Waals surface area contributed by atoms with Gasteiger partial charge in [0.05, 0.1) is 18.7 Å². The Labute approximate surface area is 159 Å². The van der Waals surface area contributed by atoms with Crippen molar-refractivity contribution in [1.82, 2.24) is 4.98 Å². The van der Waals surface area contributed by atoms with Crippen LogP contribution in [-0.4, -0.2) is 24.0 Å². The molecular weight excluding hydrogens is 368 g/mol. The van der Waals surface area contributed by atoms with Gasteiger partial charge in [-0.2, -0.15) is 8.78 Å². The van der Waals surface area contributed by atoms with Crippen LogP contribution in [0.25, 0.3) is 11.3 Å². The standard InChI is InChI=1S/C21H17F2NO4/c22-21(23)28-19-9-15(20-10-24-12-27-20)6-5-14(19)8-17(25)16-7-13-3-1-2-4-18(13)26-11-16/h1-6,9-10,12,16,21H,7-8,11H2. The van der Waals surface area contributed by atoms with E-state index in [0.29, 0.717) is 23.3 Å². The molecule has 0 aliphatic carbocycles. The number of fused-ring (bicyclic) bond motifs is 1. The minimum absolute atomic E-state index is 0.0189. The highest BCUT2D eigenvalue weighted by atomic mass is 19.3. The second-order valence-electron chi connectivity index (χ2n) is 6.53. The van der Waals surface area contributed by atoms with Crippen molar-refractivity contribution < 1.29 is 27.5 Å². The van der Waals surface area contributed by atoms with Gasteiger partial charge in [0.25, 0.3) is 0 Å². The third-order valence-corrected chi connectivity index (χ3v) is 4.70. The number of rotatable bonds is 6. The molecule has 0 bridgehead atoms. The van der Waals surface area contributed by atoms with Crippen LogP contribution in [0.1, 0.15) is 11.1 Å². The van der Waals surface area contributed by atoms with Gasteiger partial charge < -0.3 is 13.9 Å². The van der Waals surface area contributed by atoms with Crippen LogP contribution in [0.15, 0.2) is 59.5 Å². The van der Waals surface area contributed by atoms with Gasteiger partial charge in [-0.1, -0.05) is 30.3 Å². The van der Waals surface area contributed by atoms with Crippen molar-refractivity contribution in [3.05, 3.63) is 66.2 Å². The number of ether oxygens (including phenoxy) is 2. The molecule has 1 aliphatic heterocycles. The summed E-state index contributed by atoms with van der Waals surface area (Å²) >= 11 is 0. The summed E-state index contributed by atoms with van der Waals surface area (Å²) in [6.07, 6.45) is 3.27. The van der Waals surface area contributed by atoms with Crippen LogP contribution in [-0.2, 0) is 17.6 Å². The summed E-state index contributed by atoms with van der Waals surface area (Å²) < 4.78 is 41.2. The summed E-state index contributed by atoms with van der Waals surface area (Å²) in [7, 11) is 0. The van der Waals surface area contributed by atoms with Crippen molar-refractivity contribution in [2.45, 2.75) is 19.5 Å². The number of nitrogens with zero attached hydrogens (tertiary/aromatic N) is 1. The summed E-state index contributed by atoms with van der Waals surface area (Å²) in [5.41, 5.74) is 1.91. The lowest BCUT2D eigenvalue weighted by Crippen LogP contribution is -2.29. The maximum atomic E-state index is 12.9. The van der Waals surface area contributed by atoms with E-state index in [-0.39, 0.29) is 30.5 Å². The molecule has 5 nitrogen and oxygen atoms in total. The Kier molecular flexibility index (Phi) is 5.06. The molecule has 3 aromatic rings. The Morgan fingerprint density at radius 2 is 2.11 bits per heavy atom. The van der Waals surface area contributed by atoms with Crippen molar-refractivity contribution >= 4 is 5.78 Å². The molecule has 0 spiro atoms. The molecule has 2 aromatic carbocycles. The smallest absolute Gasteiger partial charge is 0.387 e. The molecule has 1 unspecified atom stereocenters. The predicted molar refractivity (Wildman–Crippen MR) is 96.4 cm³/mol. The second kappa shape index (κ2) is 7.80. The Bertz CT molecular complexity index is 972. The van der Waals surface area contributed by atoms with Gasteiger partial charge in [0.1, 0.15) is 17.3 Å². The van der Waals surface area contributed by atoms with E-state index >= 15 is 0 Å². The summed E-state index contributed by atoms with van der Waals surface area (Å²) in [6.45, 7) is -2.72. The molecule has 1 atom stereocenters. The fourth-order valence-corrected chi connectivity index (χ4v) is 3.28. The molecule has 0 saturated carbocycles. The number of carbonyl (C=O) groups is 1. The van der Waals surface area contributed by atoms with E-state index in [1.54, 1.807) is 12.1 Å². The minimum atomic E-state index is -3.00. The zero-order chi connectivity index (χ0) is 19.5. The average molecular weight is 385 g/mol. The van der Waals surface area contributed by atoms with E-state index < -0.39 is 6.61 Å².